The first-order valence-corrected chi connectivity index (χ1v) is 11.2. The topological polar surface area (TPSA) is 128 Å². The number of H-pyrrole nitrogens is 1. The maximum absolute atomic E-state index is 14.4. The summed E-state index contributed by atoms with van der Waals surface area (Å²) < 4.78 is 15.9. The molecule has 0 saturated heterocycles. The number of amides is 1. The molecule has 2 N–H and O–H groups in total. The van der Waals surface area contributed by atoms with Crippen LogP contribution in [0.4, 0.5) is 15.9 Å². The third-order valence-electron chi connectivity index (χ3n) is 6.11. The van der Waals surface area contributed by atoms with Gasteiger partial charge in [-0.1, -0.05) is 0 Å². The molecule has 6 rings (SSSR count). The molecule has 1 atom stereocenters. The van der Waals surface area contributed by atoms with E-state index >= 15 is 0 Å². The van der Waals surface area contributed by atoms with Crippen molar-refractivity contribution in [3.05, 3.63) is 102 Å². The van der Waals surface area contributed by atoms with Gasteiger partial charge in [0.1, 0.15) is 28.9 Å². The van der Waals surface area contributed by atoms with E-state index in [9.17, 15) is 9.18 Å². The Bertz CT molecular complexity index is 1620. The van der Waals surface area contributed by atoms with Crippen LogP contribution in [0.1, 0.15) is 39.2 Å². The van der Waals surface area contributed by atoms with Gasteiger partial charge in [0.15, 0.2) is 0 Å². The first kappa shape index (κ1) is 21.4. The lowest BCUT2D eigenvalue weighted by molar-refractivity contribution is 0.102. The van der Waals surface area contributed by atoms with Gasteiger partial charge >= 0.3 is 0 Å². The molecule has 0 fully saturated rings. The summed E-state index contributed by atoms with van der Waals surface area (Å²) in [7, 11) is 0. The summed E-state index contributed by atoms with van der Waals surface area (Å²) in [5.74, 6) is -0.228. The normalized spacial score (nSPS) is 14.9. The second kappa shape index (κ2) is 8.59. The van der Waals surface area contributed by atoms with Crippen molar-refractivity contribution in [2.75, 3.05) is 16.8 Å². The molecule has 4 aromatic heterocycles. The first-order chi connectivity index (χ1) is 17.6. The highest BCUT2D eigenvalue weighted by molar-refractivity contribution is 6.02. The molecule has 5 heterocycles. The average molecular weight is 479 g/mol. The minimum absolute atomic E-state index is 0.147. The molecule has 176 valence electrons. The molecule has 11 heteroatoms. The predicted molar refractivity (Wildman–Crippen MR) is 128 cm³/mol. The second-order valence-corrected chi connectivity index (χ2v) is 8.27. The van der Waals surface area contributed by atoms with E-state index < -0.39 is 5.91 Å². The van der Waals surface area contributed by atoms with Crippen molar-refractivity contribution in [1.29, 1.82) is 5.26 Å². The zero-order valence-electron chi connectivity index (χ0n) is 18.8. The number of aromatic amines is 1. The number of nitriles is 1. The number of nitrogens with zero attached hydrogens (tertiary/aromatic N) is 7. The average Bonchev–Trinajstić information content (AvgIpc) is 3.56. The van der Waals surface area contributed by atoms with Gasteiger partial charge in [0.25, 0.3) is 5.91 Å². The molecule has 5 aromatic rings. The van der Waals surface area contributed by atoms with E-state index in [2.05, 4.69) is 30.4 Å². The van der Waals surface area contributed by atoms with Gasteiger partial charge < -0.3 is 15.2 Å². The van der Waals surface area contributed by atoms with E-state index in [4.69, 9.17) is 5.26 Å². The number of aromatic nitrogens is 6. The van der Waals surface area contributed by atoms with Crippen LogP contribution in [0.2, 0.25) is 0 Å². The Kier molecular flexibility index (Phi) is 5.11. The molecular weight excluding hydrogens is 461 g/mol. The smallest absolute Gasteiger partial charge is 0.275 e. The lowest BCUT2D eigenvalue weighted by Crippen LogP contribution is -2.37. The summed E-state index contributed by atoms with van der Waals surface area (Å²) in [6, 6.07) is 12.9. The van der Waals surface area contributed by atoms with Gasteiger partial charge in [-0.25, -0.2) is 23.9 Å². The SMILES string of the molecule is N#Cc1ccc(NC(=O)c2cnc(N3CCc4nc[nH]c4[C@H]3c3cc4c(F)cccn4n3)cn2)cc1. The Hall–Kier alpha value is -5.11. The number of pyridine rings is 1. The summed E-state index contributed by atoms with van der Waals surface area (Å²) in [5, 5.41) is 16.3. The fourth-order valence-corrected chi connectivity index (χ4v) is 4.38. The van der Waals surface area contributed by atoms with E-state index in [-0.39, 0.29) is 17.6 Å². The molecular formula is C25H18FN9O. The number of hydrogen-bond donors (Lipinski definition) is 2. The molecule has 0 unspecified atom stereocenters. The fraction of sp³-hybridized carbons (Fsp3) is 0.120. The van der Waals surface area contributed by atoms with Gasteiger partial charge in [0.05, 0.1) is 47.4 Å². The molecule has 0 saturated carbocycles. The number of benzene rings is 1. The highest BCUT2D eigenvalue weighted by Crippen LogP contribution is 2.35. The van der Waals surface area contributed by atoms with Crippen molar-refractivity contribution in [3.8, 4) is 6.07 Å². The standard InChI is InChI=1S/C25H18FN9O/c26-17-2-1-8-35-21(17)10-19(33-35)24-23-18(30-14-31-23)7-9-34(24)22-13-28-20(12-29-22)25(36)32-16-5-3-15(11-27)4-6-16/h1-6,8,10,12-14,24H,7,9H2,(H,30,31)(H,32,36)/t24-/m1/s1. The van der Waals surface area contributed by atoms with Crippen LogP contribution in [-0.4, -0.2) is 42.0 Å². The Morgan fingerprint density at radius 1 is 1.17 bits per heavy atom. The zero-order valence-corrected chi connectivity index (χ0v) is 18.8. The van der Waals surface area contributed by atoms with Crippen molar-refractivity contribution in [2.45, 2.75) is 12.5 Å². The largest absolute Gasteiger partial charge is 0.346 e. The Labute approximate surface area is 204 Å². The van der Waals surface area contributed by atoms with Crippen molar-refractivity contribution in [3.63, 3.8) is 0 Å². The van der Waals surface area contributed by atoms with Crippen LogP contribution < -0.4 is 10.2 Å². The number of imidazole rings is 1. The summed E-state index contributed by atoms with van der Waals surface area (Å²) in [4.78, 5) is 31.1. The fourth-order valence-electron chi connectivity index (χ4n) is 4.38. The molecule has 0 spiro atoms. The maximum Gasteiger partial charge on any atom is 0.275 e. The third kappa shape index (κ3) is 3.70. The van der Waals surface area contributed by atoms with Crippen molar-refractivity contribution in [1.82, 2.24) is 29.5 Å². The molecule has 36 heavy (non-hydrogen) atoms. The number of hydrogen-bond acceptors (Lipinski definition) is 7. The number of anilines is 2. The Morgan fingerprint density at radius 3 is 2.78 bits per heavy atom. The summed E-state index contributed by atoms with van der Waals surface area (Å²) >= 11 is 0. The minimum atomic E-state index is -0.416. The molecule has 10 nitrogen and oxygen atoms in total. The number of rotatable bonds is 4. The van der Waals surface area contributed by atoms with E-state index in [1.165, 1.54) is 16.8 Å². The second-order valence-electron chi connectivity index (χ2n) is 8.27. The highest BCUT2D eigenvalue weighted by Gasteiger charge is 2.34. The maximum atomic E-state index is 14.4. The lowest BCUT2D eigenvalue weighted by atomic mass is 10.00. The third-order valence-corrected chi connectivity index (χ3v) is 6.11. The van der Waals surface area contributed by atoms with Gasteiger partial charge in [-0.3, -0.25) is 4.79 Å². The minimum Gasteiger partial charge on any atom is -0.346 e. The summed E-state index contributed by atoms with van der Waals surface area (Å²) in [5.41, 5.74) is 3.98. The van der Waals surface area contributed by atoms with Crippen LogP contribution in [0.5, 0.6) is 0 Å². The van der Waals surface area contributed by atoms with Crippen molar-refractivity contribution in [2.24, 2.45) is 0 Å². The number of nitrogens with one attached hydrogen (secondary N) is 2. The zero-order chi connectivity index (χ0) is 24.6. The Morgan fingerprint density at radius 2 is 2.03 bits per heavy atom. The van der Waals surface area contributed by atoms with Crippen molar-refractivity contribution >= 4 is 22.9 Å². The van der Waals surface area contributed by atoms with E-state index in [1.807, 2.05) is 11.0 Å². The van der Waals surface area contributed by atoms with Gasteiger partial charge in [-0.2, -0.15) is 10.4 Å². The van der Waals surface area contributed by atoms with E-state index in [0.717, 1.165) is 11.4 Å². The molecule has 1 aromatic carbocycles. The molecule has 1 aliphatic heterocycles. The number of carbonyl (C=O) groups excluding carboxylic acids is 1. The van der Waals surface area contributed by atoms with Gasteiger partial charge in [0.2, 0.25) is 0 Å². The Balaban J connectivity index is 1.30. The van der Waals surface area contributed by atoms with Gasteiger partial charge in [-0.05, 0) is 42.5 Å². The van der Waals surface area contributed by atoms with Crippen LogP contribution in [0.3, 0.4) is 0 Å². The number of halogens is 1. The highest BCUT2D eigenvalue weighted by atomic mass is 19.1. The van der Waals surface area contributed by atoms with Crippen LogP contribution in [0.15, 0.2) is 67.4 Å². The van der Waals surface area contributed by atoms with Crippen LogP contribution >= 0.6 is 0 Å². The monoisotopic (exact) mass is 479 g/mol. The van der Waals surface area contributed by atoms with E-state index in [0.29, 0.717) is 41.2 Å². The number of fused-ring (bicyclic) bond motifs is 2. The van der Waals surface area contributed by atoms with E-state index in [1.54, 1.807) is 55.1 Å². The molecule has 0 radical (unpaired) electrons. The molecule has 0 bridgehead atoms. The number of carbonyl (C=O) groups is 1. The summed E-state index contributed by atoms with van der Waals surface area (Å²) in [6.07, 6.45) is 6.97. The molecule has 1 amide bonds. The first-order valence-electron chi connectivity index (χ1n) is 11.2. The van der Waals surface area contributed by atoms with Gasteiger partial charge in [-0.15, -0.1) is 0 Å². The quantitative estimate of drug-likeness (QED) is 0.405. The van der Waals surface area contributed by atoms with Crippen LogP contribution in [0.25, 0.3) is 5.52 Å². The van der Waals surface area contributed by atoms with Gasteiger partial charge in [0, 0.05) is 24.8 Å². The van der Waals surface area contributed by atoms with Crippen molar-refractivity contribution < 1.29 is 9.18 Å². The van der Waals surface area contributed by atoms with Crippen LogP contribution in [0, 0.1) is 17.1 Å². The predicted octanol–water partition coefficient (Wildman–Crippen LogP) is 3.26. The molecule has 1 aliphatic rings. The lowest BCUT2D eigenvalue weighted by Gasteiger charge is -2.34. The summed E-state index contributed by atoms with van der Waals surface area (Å²) in [6.45, 7) is 0.588. The molecule has 0 aliphatic carbocycles. The van der Waals surface area contributed by atoms with Crippen LogP contribution in [-0.2, 0) is 6.42 Å².